The maximum Gasteiger partial charge on any atom is 0.270 e. The van der Waals surface area contributed by atoms with Gasteiger partial charge in [-0.3, -0.25) is 4.79 Å². The Hall–Kier alpha value is -2.69. The molecule has 1 amide bonds. The summed E-state index contributed by atoms with van der Waals surface area (Å²) in [5, 5.41) is 0. The number of carbonyl (C=O) groups is 1. The number of methoxy groups -OCH3 is 1. The zero-order valence-electron chi connectivity index (χ0n) is 14.6. The van der Waals surface area contributed by atoms with E-state index in [1.54, 1.807) is 7.11 Å². The normalized spacial score (nSPS) is 14.4. The van der Waals surface area contributed by atoms with Crippen LogP contribution in [0.15, 0.2) is 40.8 Å². The minimum absolute atomic E-state index is 0.0927. The number of hydrogen-bond acceptors (Lipinski definition) is 3. The summed E-state index contributed by atoms with van der Waals surface area (Å²) in [6, 6.07) is 11.8. The van der Waals surface area contributed by atoms with E-state index in [1.165, 1.54) is 0 Å². The van der Waals surface area contributed by atoms with E-state index in [4.69, 9.17) is 9.15 Å². The number of carbonyl (C=O) groups excluding carboxylic acids is 1. The van der Waals surface area contributed by atoms with Crippen molar-refractivity contribution in [3.05, 3.63) is 53.4 Å². The summed E-state index contributed by atoms with van der Waals surface area (Å²) < 4.78 is 13.1. The highest BCUT2D eigenvalue weighted by molar-refractivity contribution is 5.97. The zero-order chi connectivity index (χ0) is 17.4. The van der Waals surface area contributed by atoms with Crippen LogP contribution in [0, 0.1) is 6.92 Å². The van der Waals surface area contributed by atoms with E-state index in [-0.39, 0.29) is 5.91 Å². The number of aromatic nitrogens is 1. The van der Waals surface area contributed by atoms with Gasteiger partial charge < -0.3 is 18.6 Å². The molecule has 0 radical (unpaired) electrons. The largest absolute Gasteiger partial charge is 0.497 e. The van der Waals surface area contributed by atoms with Crippen LogP contribution in [0.2, 0.25) is 0 Å². The second-order valence-electron chi connectivity index (χ2n) is 6.57. The molecule has 0 spiro atoms. The predicted molar refractivity (Wildman–Crippen MR) is 96.2 cm³/mol. The highest BCUT2D eigenvalue weighted by atomic mass is 16.5. The lowest BCUT2D eigenvalue weighted by atomic mass is 10.2. The number of ether oxygens (including phenoxy) is 1. The number of amides is 1. The summed E-state index contributed by atoms with van der Waals surface area (Å²) in [5.41, 5.74) is 3.56. The molecule has 0 aliphatic carbocycles. The maximum absolute atomic E-state index is 13.0. The van der Waals surface area contributed by atoms with Crippen molar-refractivity contribution in [1.29, 1.82) is 0 Å². The monoisotopic (exact) mass is 338 g/mol. The highest BCUT2D eigenvalue weighted by Gasteiger charge is 2.25. The minimum Gasteiger partial charge on any atom is -0.497 e. The van der Waals surface area contributed by atoms with Crippen molar-refractivity contribution in [1.82, 2.24) is 9.47 Å². The number of furan rings is 1. The van der Waals surface area contributed by atoms with Gasteiger partial charge in [-0.15, -0.1) is 0 Å². The van der Waals surface area contributed by atoms with Crippen LogP contribution in [0.25, 0.3) is 11.1 Å². The van der Waals surface area contributed by atoms with Crippen molar-refractivity contribution >= 4 is 17.0 Å². The molecule has 4 rings (SSSR count). The summed E-state index contributed by atoms with van der Waals surface area (Å²) >= 11 is 0. The third-order valence-corrected chi connectivity index (χ3v) is 4.82. The predicted octanol–water partition coefficient (Wildman–Crippen LogP) is 3.84. The number of benzene rings is 1. The average Bonchev–Trinajstić information content (AvgIpc) is 3.33. The van der Waals surface area contributed by atoms with Gasteiger partial charge in [-0.25, -0.2) is 0 Å². The van der Waals surface area contributed by atoms with Crippen LogP contribution in [0.4, 0.5) is 0 Å². The Morgan fingerprint density at radius 2 is 1.88 bits per heavy atom. The molecule has 3 heterocycles. The Bertz CT molecular complexity index is 899. The lowest BCUT2D eigenvalue weighted by Crippen LogP contribution is -2.29. The fourth-order valence-electron chi connectivity index (χ4n) is 3.51. The van der Waals surface area contributed by atoms with Gasteiger partial charge in [-0.2, -0.15) is 0 Å². The molecule has 2 aromatic heterocycles. The molecule has 0 N–H and O–H groups in total. The summed E-state index contributed by atoms with van der Waals surface area (Å²) in [6.07, 6.45) is 2.17. The first-order valence-electron chi connectivity index (χ1n) is 8.67. The molecule has 0 bridgehead atoms. The summed E-state index contributed by atoms with van der Waals surface area (Å²) in [6.45, 7) is 4.24. The van der Waals surface area contributed by atoms with E-state index < -0.39 is 0 Å². The van der Waals surface area contributed by atoms with Gasteiger partial charge in [0.05, 0.1) is 12.6 Å². The van der Waals surface area contributed by atoms with Crippen molar-refractivity contribution < 1.29 is 13.9 Å². The molecule has 0 saturated carbocycles. The third kappa shape index (κ3) is 2.90. The van der Waals surface area contributed by atoms with E-state index in [9.17, 15) is 4.79 Å². The van der Waals surface area contributed by atoms with E-state index in [2.05, 4.69) is 4.57 Å². The molecule has 1 fully saturated rings. The third-order valence-electron chi connectivity index (χ3n) is 4.82. The topological polar surface area (TPSA) is 47.6 Å². The highest BCUT2D eigenvalue weighted by Crippen LogP contribution is 2.27. The number of rotatable bonds is 4. The SMILES string of the molecule is COc1ccc(Cn2c(C(=O)N3CCCC3)cc3oc(C)cc32)cc1. The number of nitrogens with zero attached hydrogens (tertiary/aromatic N) is 2. The van der Waals surface area contributed by atoms with Crippen molar-refractivity contribution in [2.75, 3.05) is 20.2 Å². The average molecular weight is 338 g/mol. The van der Waals surface area contributed by atoms with Crippen molar-refractivity contribution in [3.8, 4) is 5.75 Å². The second-order valence-corrected chi connectivity index (χ2v) is 6.57. The van der Waals surface area contributed by atoms with E-state index in [0.717, 1.165) is 54.1 Å². The van der Waals surface area contributed by atoms with E-state index in [0.29, 0.717) is 12.2 Å². The van der Waals surface area contributed by atoms with Crippen molar-refractivity contribution in [3.63, 3.8) is 0 Å². The molecule has 1 aliphatic rings. The molecule has 0 atom stereocenters. The summed E-state index contributed by atoms with van der Waals surface area (Å²) in [5.74, 6) is 1.78. The van der Waals surface area contributed by atoms with Gasteiger partial charge in [0.1, 0.15) is 17.2 Å². The Labute approximate surface area is 146 Å². The van der Waals surface area contributed by atoms with Crippen LogP contribution >= 0.6 is 0 Å². The molecule has 3 aromatic rings. The molecule has 0 unspecified atom stereocenters. The summed E-state index contributed by atoms with van der Waals surface area (Å²) in [4.78, 5) is 14.9. The number of fused-ring (bicyclic) bond motifs is 1. The lowest BCUT2D eigenvalue weighted by Gasteiger charge is -2.17. The molecular formula is C20H22N2O3. The fraction of sp³-hybridized carbons (Fsp3) is 0.350. The van der Waals surface area contributed by atoms with Crippen LogP contribution in [0.3, 0.4) is 0 Å². The van der Waals surface area contributed by atoms with Crippen molar-refractivity contribution in [2.45, 2.75) is 26.3 Å². The Morgan fingerprint density at radius 3 is 2.56 bits per heavy atom. The standard InChI is InChI=1S/C20H22N2O3/c1-14-11-17-19(25-14)12-18(20(23)21-9-3-4-10-21)22(17)13-15-5-7-16(24-2)8-6-15/h5-8,11-12H,3-4,9-10,13H2,1-2H3. The van der Waals surface area contributed by atoms with Crippen LogP contribution in [0.5, 0.6) is 5.75 Å². The first kappa shape index (κ1) is 15.8. The number of likely N-dealkylation sites (tertiary alicyclic amines) is 1. The Kier molecular flexibility index (Phi) is 3.99. The van der Waals surface area contributed by atoms with Gasteiger partial charge in [0.15, 0.2) is 5.58 Å². The van der Waals surface area contributed by atoms with E-state index >= 15 is 0 Å². The fourth-order valence-corrected chi connectivity index (χ4v) is 3.51. The summed E-state index contributed by atoms with van der Waals surface area (Å²) in [7, 11) is 1.66. The Balaban J connectivity index is 1.73. The molecule has 5 nitrogen and oxygen atoms in total. The van der Waals surface area contributed by atoms with Gasteiger partial charge in [0.2, 0.25) is 0 Å². The second kappa shape index (κ2) is 6.31. The maximum atomic E-state index is 13.0. The van der Waals surface area contributed by atoms with Gasteiger partial charge >= 0.3 is 0 Å². The zero-order valence-corrected chi connectivity index (χ0v) is 14.6. The quantitative estimate of drug-likeness (QED) is 0.726. The van der Waals surface area contributed by atoms with Gasteiger partial charge in [0, 0.05) is 31.8 Å². The molecular weight excluding hydrogens is 316 g/mol. The molecule has 1 aromatic carbocycles. The first-order valence-corrected chi connectivity index (χ1v) is 8.67. The number of hydrogen-bond donors (Lipinski definition) is 0. The smallest absolute Gasteiger partial charge is 0.270 e. The van der Waals surface area contributed by atoms with Gasteiger partial charge in [-0.05, 0) is 37.5 Å². The molecule has 1 saturated heterocycles. The lowest BCUT2D eigenvalue weighted by molar-refractivity contribution is 0.0783. The van der Waals surface area contributed by atoms with Gasteiger partial charge in [-0.1, -0.05) is 12.1 Å². The van der Waals surface area contributed by atoms with Gasteiger partial charge in [0.25, 0.3) is 5.91 Å². The van der Waals surface area contributed by atoms with Crippen LogP contribution < -0.4 is 4.74 Å². The van der Waals surface area contributed by atoms with Crippen molar-refractivity contribution in [2.24, 2.45) is 0 Å². The van der Waals surface area contributed by atoms with E-state index in [1.807, 2.05) is 48.2 Å². The molecule has 5 heteroatoms. The van der Waals surface area contributed by atoms with Crippen LogP contribution in [0.1, 0.15) is 34.7 Å². The minimum atomic E-state index is 0.0927. The van der Waals surface area contributed by atoms with Crippen LogP contribution in [-0.4, -0.2) is 35.6 Å². The first-order chi connectivity index (χ1) is 12.2. The molecule has 130 valence electrons. The number of aryl methyl sites for hydroxylation is 1. The molecule has 25 heavy (non-hydrogen) atoms. The molecule has 1 aliphatic heterocycles. The Morgan fingerprint density at radius 1 is 1.16 bits per heavy atom. The van der Waals surface area contributed by atoms with Crippen LogP contribution in [-0.2, 0) is 6.54 Å².